The number of carbonyl (C=O) groups excluding carboxylic acids is 1. The number of piperazine rings is 1. The van der Waals surface area contributed by atoms with E-state index in [1.807, 2.05) is 41.3 Å². The summed E-state index contributed by atoms with van der Waals surface area (Å²) in [5, 5.41) is 11.7. The Kier molecular flexibility index (Phi) is 8.18. The number of nitrogens with one attached hydrogen (secondary N) is 1. The number of aliphatic hydroxyl groups is 1. The van der Waals surface area contributed by atoms with Gasteiger partial charge in [-0.2, -0.15) is 0 Å². The molecule has 192 valence electrons. The molecule has 2 aliphatic heterocycles. The van der Waals surface area contributed by atoms with Gasteiger partial charge >= 0.3 is 0 Å². The van der Waals surface area contributed by atoms with E-state index in [1.54, 1.807) is 0 Å². The van der Waals surface area contributed by atoms with Crippen LogP contribution >= 0.6 is 23.2 Å². The molecule has 0 radical (unpaired) electrons. The number of likely N-dealkylation sites (tertiary alicyclic amines) is 1. The zero-order chi connectivity index (χ0) is 25.1. The van der Waals surface area contributed by atoms with Gasteiger partial charge in [0.05, 0.1) is 0 Å². The lowest BCUT2D eigenvalue weighted by Gasteiger charge is -2.35. The predicted molar refractivity (Wildman–Crippen MR) is 146 cm³/mol. The second-order valence-electron chi connectivity index (χ2n) is 9.92. The van der Waals surface area contributed by atoms with Crippen LogP contribution in [0, 0.1) is 0 Å². The molecular weight excluding hydrogens is 495 g/mol. The molecule has 8 heteroatoms. The molecule has 2 saturated heterocycles. The average molecular weight is 530 g/mol. The number of H-pyrrole nitrogens is 1. The minimum atomic E-state index is 0.0840. The van der Waals surface area contributed by atoms with Gasteiger partial charge in [-0.25, -0.2) is 0 Å². The molecular formula is C28H34Cl2N4O2. The fourth-order valence-corrected chi connectivity index (χ4v) is 6.38. The molecule has 1 aromatic heterocycles. The van der Waals surface area contributed by atoms with Gasteiger partial charge in [-0.15, -0.1) is 0 Å². The molecule has 2 N–H and O–H groups in total. The highest BCUT2D eigenvalue weighted by molar-refractivity contribution is 6.36. The molecule has 5 rings (SSSR count). The molecule has 0 spiro atoms. The van der Waals surface area contributed by atoms with E-state index in [1.165, 1.54) is 0 Å². The number of benzene rings is 2. The van der Waals surface area contributed by atoms with Crippen molar-refractivity contribution in [2.45, 2.75) is 31.7 Å². The van der Waals surface area contributed by atoms with Gasteiger partial charge < -0.3 is 15.0 Å². The maximum atomic E-state index is 13.7. The van der Waals surface area contributed by atoms with Crippen LogP contribution < -0.4 is 0 Å². The minimum absolute atomic E-state index is 0.0840. The summed E-state index contributed by atoms with van der Waals surface area (Å²) in [6.07, 6.45) is 2.76. The summed E-state index contributed by atoms with van der Waals surface area (Å²) in [6, 6.07) is 14.0. The van der Waals surface area contributed by atoms with Gasteiger partial charge in [0.2, 0.25) is 0 Å². The summed E-state index contributed by atoms with van der Waals surface area (Å²) >= 11 is 13.0. The van der Waals surface area contributed by atoms with Crippen LogP contribution in [0.25, 0.3) is 10.9 Å². The number of rotatable bonds is 7. The number of halogens is 2. The topological polar surface area (TPSA) is 62.8 Å². The normalized spacial score (nSPS) is 18.2. The molecule has 2 fully saturated rings. The van der Waals surface area contributed by atoms with Crippen molar-refractivity contribution in [3.63, 3.8) is 0 Å². The summed E-state index contributed by atoms with van der Waals surface area (Å²) in [5.74, 6) is 0.439. The van der Waals surface area contributed by atoms with E-state index in [2.05, 4.69) is 20.9 Å². The summed E-state index contributed by atoms with van der Waals surface area (Å²) < 4.78 is 0. The lowest BCUT2D eigenvalue weighted by molar-refractivity contribution is 0.0621. The Morgan fingerprint density at radius 2 is 1.61 bits per heavy atom. The first-order valence-electron chi connectivity index (χ1n) is 12.9. The standard InChI is InChI=1S/C28H34Cl2N4O2/c29-23-6-3-7-24(30)26(23)20-9-12-33(13-10-20)19-22-21-5-1-2-8-25(21)31-27(22)28(36)34-16-14-32(15-17-34)11-4-18-35/h1-3,5-8,20,31,35H,4,9-19H2. The van der Waals surface area contributed by atoms with E-state index in [-0.39, 0.29) is 12.5 Å². The Bertz CT molecular complexity index is 1180. The molecule has 6 nitrogen and oxygen atoms in total. The maximum absolute atomic E-state index is 13.7. The first-order valence-corrected chi connectivity index (χ1v) is 13.7. The van der Waals surface area contributed by atoms with Crippen molar-refractivity contribution in [1.29, 1.82) is 0 Å². The summed E-state index contributed by atoms with van der Waals surface area (Å²) in [4.78, 5) is 23.8. The van der Waals surface area contributed by atoms with E-state index in [0.717, 1.165) is 96.3 Å². The Morgan fingerprint density at radius 3 is 2.31 bits per heavy atom. The van der Waals surface area contributed by atoms with Crippen molar-refractivity contribution >= 4 is 40.0 Å². The number of amides is 1. The maximum Gasteiger partial charge on any atom is 0.270 e. The van der Waals surface area contributed by atoms with E-state index < -0.39 is 0 Å². The van der Waals surface area contributed by atoms with Crippen molar-refractivity contribution in [3.8, 4) is 0 Å². The molecule has 0 bridgehead atoms. The number of nitrogens with zero attached hydrogens (tertiary/aromatic N) is 3. The van der Waals surface area contributed by atoms with Gasteiger partial charge in [0.15, 0.2) is 0 Å². The summed E-state index contributed by atoms with van der Waals surface area (Å²) in [7, 11) is 0. The van der Waals surface area contributed by atoms with Gasteiger partial charge in [0.1, 0.15) is 5.69 Å². The van der Waals surface area contributed by atoms with E-state index in [4.69, 9.17) is 28.3 Å². The molecule has 0 saturated carbocycles. The van der Waals surface area contributed by atoms with Gasteiger partial charge in [0, 0.05) is 72.4 Å². The second-order valence-corrected chi connectivity index (χ2v) is 10.7. The molecule has 1 amide bonds. The predicted octanol–water partition coefficient (Wildman–Crippen LogP) is 4.99. The molecule has 2 aromatic carbocycles. The number of aliphatic hydroxyl groups excluding tert-OH is 1. The van der Waals surface area contributed by atoms with E-state index in [0.29, 0.717) is 19.0 Å². The first-order chi connectivity index (χ1) is 17.5. The SMILES string of the molecule is O=C(c1[nH]c2ccccc2c1CN1CCC(c2c(Cl)cccc2Cl)CC1)N1CCN(CCCO)CC1. The fourth-order valence-electron chi connectivity index (χ4n) is 5.68. The van der Waals surface area contributed by atoms with Crippen LogP contribution in [0.2, 0.25) is 10.0 Å². The number of hydrogen-bond acceptors (Lipinski definition) is 4. The lowest BCUT2D eigenvalue weighted by Crippen LogP contribution is -2.49. The monoisotopic (exact) mass is 528 g/mol. The van der Waals surface area contributed by atoms with Crippen LogP contribution in [0.4, 0.5) is 0 Å². The van der Waals surface area contributed by atoms with Gasteiger partial charge in [-0.1, -0.05) is 47.5 Å². The average Bonchev–Trinajstić information content (AvgIpc) is 3.26. The number of hydrogen-bond donors (Lipinski definition) is 2. The Morgan fingerprint density at radius 1 is 0.917 bits per heavy atom. The Labute approximate surface area is 222 Å². The number of para-hydroxylation sites is 1. The molecule has 0 aliphatic carbocycles. The zero-order valence-corrected chi connectivity index (χ0v) is 22.1. The fraction of sp³-hybridized carbons (Fsp3) is 0.464. The van der Waals surface area contributed by atoms with Crippen molar-refractivity contribution in [1.82, 2.24) is 19.7 Å². The van der Waals surface area contributed by atoms with Crippen LogP contribution in [0.3, 0.4) is 0 Å². The summed E-state index contributed by atoms with van der Waals surface area (Å²) in [5.41, 5.74) is 3.89. The molecule has 3 aromatic rings. The Hall–Kier alpha value is -2.09. The third-order valence-electron chi connectivity index (χ3n) is 7.70. The van der Waals surface area contributed by atoms with E-state index >= 15 is 0 Å². The van der Waals surface area contributed by atoms with Crippen molar-refractivity contribution in [3.05, 3.63) is 69.3 Å². The molecule has 36 heavy (non-hydrogen) atoms. The van der Waals surface area contributed by atoms with Crippen LogP contribution in [0.5, 0.6) is 0 Å². The van der Waals surface area contributed by atoms with Crippen molar-refractivity contribution in [2.75, 3.05) is 52.4 Å². The number of carbonyl (C=O) groups is 1. The lowest BCUT2D eigenvalue weighted by atomic mass is 9.89. The van der Waals surface area contributed by atoms with Crippen LogP contribution in [-0.2, 0) is 6.54 Å². The number of aromatic nitrogens is 1. The number of piperidine rings is 1. The highest BCUT2D eigenvalue weighted by Gasteiger charge is 2.29. The minimum Gasteiger partial charge on any atom is -0.396 e. The van der Waals surface area contributed by atoms with Gasteiger partial charge in [-0.3, -0.25) is 14.6 Å². The number of aromatic amines is 1. The molecule has 0 atom stereocenters. The second kappa shape index (κ2) is 11.5. The quantitative estimate of drug-likeness (QED) is 0.453. The van der Waals surface area contributed by atoms with Crippen LogP contribution in [0.1, 0.15) is 46.8 Å². The van der Waals surface area contributed by atoms with Crippen molar-refractivity contribution in [2.24, 2.45) is 0 Å². The van der Waals surface area contributed by atoms with Crippen LogP contribution in [-0.4, -0.2) is 83.1 Å². The third kappa shape index (κ3) is 5.43. The number of fused-ring (bicyclic) bond motifs is 1. The zero-order valence-electron chi connectivity index (χ0n) is 20.6. The largest absolute Gasteiger partial charge is 0.396 e. The molecule has 2 aliphatic rings. The van der Waals surface area contributed by atoms with Gasteiger partial charge in [0.25, 0.3) is 5.91 Å². The Balaban J connectivity index is 1.30. The highest BCUT2D eigenvalue weighted by atomic mass is 35.5. The van der Waals surface area contributed by atoms with Gasteiger partial charge in [-0.05, 0) is 62.0 Å². The van der Waals surface area contributed by atoms with Crippen molar-refractivity contribution < 1.29 is 9.90 Å². The van der Waals surface area contributed by atoms with Crippen LogP contribution in [0.15, 0.2) is 42.5 Å². The molecule has 0 unspecified atom stereocenters. The highest BCUT2D eigenvalue weighted by Crippen LogP contribution is 2.38. The van der Waals surface area contributed by atoms with E-state index in [9.17, 15) is 4.79 Å². The third-order valence-corrected chi connectivity index (χ3v) is 8.36. The summed E-state index contributed by atoms with van der Waals surface area (Å²) in [6.45, 7) is 6.81. The molecule has 3 heterocycles. The first kappa shape index (κ1) is 25.6. The smallest absolute Gasteiger partial charge is 0.270 e.